The van der Waals surface area contributed by atoms with Crippen LogP contribution < -0.4 is 0 Å². The van der Waals surface area contributed by atoms with Crippen LogP contribution in [0.4, 0.5) is 0 Å². The lowest BCUT2D eigenvalue weighted by Crippen LogP contribution is -2.20. The molecule has 1 saturated heterocycles. The average molecular weight is 269 g/mol. The van der Waals surface area contributed by atoms with Crippen LogP contribution >= 0.6 is 15.9 Å². The van der Waals surface area contributed by atoms with Gasteiger partial charge in [0.05, 0.1) is 0 Å². The number of alkyl halides is 1. The maximum absolute atomic E-state index is 4.04. The Morgan fingerprint density at radius 3 is 2.93 bits per heavy atom. The Hall–Kier alpha value is -0.410. The fraction of sp³-hybridized carbons (Fsp3) is 0.583. The number of hydrogen-bond acceptors (Lipinski definition) is 2. The van der Waals surface area contributed by atoms with Crippen molar-refractivity contribution in [3.05, 3.63) is 30.1 Å². The van der Waals surface area contributed by atoms with Crippen molar-refractivity contribution in [1.82, 2.24) is 9.88 Å². The van der Waals surface area contributed by atoms with Gasteiger partial charge in [-0.05, 0) is 43.0 Å². The molecule has 1 unspecified atom stereocenters. The van der Waals surface area contributed by atoms with Gasteiger partial charge in [-0.15, -0.1) is 0 Å². The Labute approximate surface area is 99.8 Å². The minimum atomic E-state index is 0.895. The second kappa shape index (κ2) is 5.61. The third-order valence-corrected chi connectivity index (χ3v) is 3.50. The van der Waals surface area contributed by atoms with Crippen LogP contribution in [0.3, 0.4) is 0 Å². The second-order valence-corrected chi connectivity index (χ2v) is 5.02. The number of aromatic nitrogens is 1. The largest absolute Gasteiger partial charge is 0.299 e. The quantitative estimate of drug-likeness (QED) is 0.781. The van der Waals surface area contributed by atoms with Crippen molar-refractivity contribution in [3.63, 3.8) is 0 Å². The second-order valence-electron chi connectivity index (χ2n) is 4.22. The van der Waals surface area contributed by atoms with Gasteiger partial charge < -0.3 is 0 Å². The topological polar surface area (TPSA) is 16.1 Å². The van der Waals surface area contributed by atoms with Crippen molar-refractivity contribution >= 4 is 15.9 Å². The smallest absolute Gasteiger partial charge is 0.0271 e. The third kappa shape index (κ3) is 3.28. The van der Waals surface area contributed by atoms with E-state index in [4.69, 9.17) is 0 Å². The molecule has 1 aliphatic heterocycles. The number of rotatable bonds is 4. The lowest BCUT2D eigenvalue weighted by molar-refractivity contribution is 0.315. The van der Waals surface area contributed by atoms with Crippen molar-refractivity contribution < 1.29 is 0 Å². The van der Waals surface area contributed by atoms with E-state index in [-0.39, 0.29) is 0 Å². The summed E-state index contributed by atoms with van der Waals surface area (Å²) < 4.78 is 0. The monoisotopic (exact) mass is 268 g/mol. The van der Waals surface area contributed by atoms with Crippen molar-refractivity contribution in [3.8, 4) is 0 Å². The zero-order chi connectivity index (χ0) is 10.5. The van der Waals surface area contributed by atoms with Crippen LogP contribution in [0.1, 0.15) is 18.4 Å². The van der Waals surface area contributed by atoms with Gasteiger partial charge in [0.1, 0.15) is 0 Å². The van der Waals surface area contributed by atoms with Gasteiger partial charge in [0.15, 0.2) is 0 Å². The van der Waals surface area contributed by atoms with Gasteiger partial charge in [-0.3, -0.25) is 9.88 Å². The Morgan fingerprint density at radius 1 is 1.40 bits per heavy atom. The van der Waals surface area contributed by atoms with E-state index in [1.165, 1.54) is 31.5 Å². The molecule has 3 heteroatoms. The molecule has 2 nitrogen and oxygen atoms in total. The van der Waals surface area contributed by atoms with Gasteiger partial charge in [0.2, 0.25) is 0 Å². The van der Waals surface area contributed by atoms with Gasteiger partial charge in [-0.25, -0.2) is 0 Å². The number of nitrogens with zero attached hydrogens (tertiary/aromatic N) is 2. The Bertz CT molecular complexity index is 289. The van der Waals surface area contributed by atoms with E-state index in [1.807, 2.05) is 12.4 Å². The summed E-state index contributed by atoms with van der Waals surface area (Å²) in [4.78, 5) is 6.58. The molecule has 0 radical (unpaired) electrons. The number of halogens is 1. The molecule has 1 aliphatic rings. The number of pyridine rings is 1. The van der Waals surface area contributed by atoms with E-state index < -0.39 is 0 Å². The molecular weight excluding hydrogens is 252 g/mol. The summed E-state index contributed by atoms with van der Waals surface area (Å²) in [6, 6.07) is 4.22. The summed E-state index contributed by atoms with van der Waals surface area (Å²) in [5.41, 5.74) is 1.38. The highest BCUT2D eigenvalue weighted by molar-refractivity contribution is 9.09. The first kappa shape index (κ1) is 11.1. The summed E-state index contributed by atoms with van der Waals surface area (Å²) in [6.07, 6.45) is 6.42. The van der Waals surface area contributed by atoms with E-state index in [9.17, 15) is 0 Å². The molecule has 1 atom stereocenters. The molecule has 0 amide bonds. The van der Waals surface area contributed by atoms with Gasteiger partial charge in [0, 0.05) is 30.8 Å². The van der Waals surface area contributed by atoms with Gasteiger partial charge in [-0.2, -0.15) is 0 Å². The van der Waals surface area contributed by atoms with Gasteiger partial charge in [-0.1, -0.05) is 15.9 Å². The molecule has 0 spiro atoms. The fourth-order valence-corrected chi connectivity index (χ4v) is 2.84. The molecule has 0 N–H and O–H groups in total. The highest BCUT2D eigenvalue weighted by Gasteiger charge is 2.21. The van der Waals surface area contributed by atoms with E-state index in [0.717, 1.165) is 17.8 Å². The average Bonchev–Trinajstić information content (AvgIpc) is 2.68. The van der Waals surface area contributed by atoms with Crippen LogP contribution in [0.25, 0.3) is 0 Å². The van der Waals surface area contributed by atoms with E-state index >= 15 is 0 Å². The summed E-state index contributed by atoms with van der Waals surface area (Å²) >= 11 is 3.52. The Kier molecular flexibility index (Phi) is 4.15. The third-order valence-electron chi connectivity index (χ3n) is 3.04. The number of hydrogen-bond donors (Lipinski definition) is 0. The molecule has 15 heavy (non-hydrogen) atoms. The highest BCUT2D eigenvalue weighted by Crippen LogP contribution is 2.21. The predicted octanol–water partition coefficient (Wildman–Crippen LogP) is 2.69. The maximum atomic E-state index is 4.04. The van der Waals surface area contributed by atoms with Crippen LogP contribution in [0, 0.1) is 5.92 Å². The molecule has 82 valence electrons. The lowest BCUT2D eigenvalue weighted by Gasteiger charge is -2.15. The minimum absolute atomic E-state index is 0.895. The molecule has 1 aromatic rings. The van der Waals surface area contributed by atoms with Crippen molar-refractivity contribution in [1.29, 1.82) is 0 Å². The van der Waals surface area contributed by atoms with Crippen LogP contribution in [-0.2, 0) is 6.54 Å². The lowest BCUT2D eigenvalue weighted by atomic mass is 10.1. The summed E-state index contributed by atoms with van der Waals surface area (Å²) in [6.45, 7) is 3.59. The molecule has 0 aliphatic carbocycles. The summed E-state index contributed by atoms with van der Waals surface area (Å²) in [5, 5.41) is 1.14. The van der Waals surface area contributed by atoms with Crippen LogP contribution in [0.5, 0.6) is 0 Å². The van der Waals surface area contributed by atoms with E-state index in [2.05, 4.69) is 37.9 Å². The highest BCUT2D eigenvalue weighted by atomic mass is 79.9. The molecule has 1 fully saturated rings. The molecular formula is C12H17BrN2. The van der Waals surface area contributed by atoms with E-state index in [0.29, 0.717) is 0 Å². The molecule has 0 saturated carbocycles. The molecule has 2 heterocycles. The van der Waals surface area contributed by atoms with E-state index in [1.54, 1.807) is 0 Å². The summed E-state index contributed by atoms with van der Waals surface area (Å²) in [5.74, 6) is 0.895. The molecule has 2 rings (SSSR count). The SMILES string of the molecule is BrCCC1CCN(Cc2ccncc2)C1. The van der Waals surface area contributed by atoms with Crippen LogP contribution in [0.2, 0.25) is 0 Å². The van der Waals surface area contributed by atoms with Crippen molar-refractivity contribution in [2.75, 3.05) is 18.4 Å². The first-order valence-corrected chi connectivity index (χ1v) is 6.68. The van der Waals surface area contributed by atoms with Gasteiger partial charge in [0.25, 0.3) is 0 Å². The Balaban J connectivity index is 1.82. The van der Waals surface area contributed by atoms with Crippen LogP contribution in [0.15, 0.2) is 24.5 Å². The van der Waals surface area contributed by atoms with Gasteiger partial charge >= 0.3 is 0 Å². The van der Waals surface area contributed by atoms with Crippen molar-refractivity contribution in [2.24, 2.45) is 5.92 Å². The fourth-order valence-electron chi connectivity index (χ4n) is 2.19. The van der Waals surface area contributed by atoms with Crippen molar-refractivity contribution in [2.45, 2.75) is 19.4 Å². The normalized spacial score (nSPS) is 22.1. The number of likely N-dealkylation sites (tertiary alicyclic amines) is 1. The predicted molar refractivity (Wildman–Crippen MR) is 66.0 cm³/mol. The molecule has 1 aromatic heterocycles. The first-order valence-electron chi connectivity index (χ1n) is 5.55. The maximum Gasteiger partial charge on any atom is 0.0271 e. The molecule has 0 bridgehead atoms. The zero-order valence-corrected chi connectivity index (χ0v) is 10.5. The zero-order valence-electron chi connectivity index (χ0n) is 8.90. The summed E-state index contributed by atoms with van der Waals surface area (Å²) in [7, 11) is 0. The Morgan fingerprint density at radius 2 is 2.20 bits per heavy atom. The van der Waals surface area contributed by atoms with Crippen LogP contribution in [-0.4, -0.2) is 28.3 Å². The minimum Gasteiger partial charge on any atom is -0.299 e. The molecule has 0 aromatic carbocycles. The first-order chi connectivity index (χ1) is 7.38. The standard InChI is InChI=1S/C12H17BrN2/c13-5-1-11-4-8-15(9-11)10-12-2-6-14-7-3-12/h2-3,6-7,11H,1,4-5,8-10H2.